The molecule has 0 saturated carbocycles. The number of rotatable bonds is 8. The normalized spacial score (nSPS) is 18.0. The van der Waals surface area contributed by atoms with E-state index in [4.69, 9.17) is 4.74 Å². The van der Waals surface area contributed by atoms with E-state index in [9.17, 15) is 9.59 Å². The van der Waals surface area contributed by atoms with Gasteiger partial charge >= 0.3 is 0 Å². The lowest BCUT2D eigenvalue weighted by atomic mass is 10.0. The third kappa shape index (κ3) is 5.29. The van der Waals surface area contributed by atoms with Crippen LogP contribution in [0.4, 0.5) is 0 Å². The summed E-state index contributed by atoms with van der Waals surface area (Å²) < 4.78 is 5.11. The first-order valence-corrected chi connectivity index (χ1v) is 9.28. The van der Waals surface area contributed by atoms with Crippen LogP contribution in [-0.2, 0) is 20.9 Å². The van der Waals surface area contributed by atoms with E-state index in [2.05, 4.69) is 29.3 Å². The molecule has 6 heteroatoms. The molecule has 6 nitrogen and oxygen atoms in total. The van der Waals surface area contributed by atoms with Crippen LogP contribution in [0.5, 0.6) is 0 Å². The molecule has 2 rings (SSSR count). The Balaban J connectivity index is 2.10. The summed E-state index contributed by atoms with van der Waals surface area (Å²) in [6.45, 7) is 9.12. The summed E-state index contributed by atoms with van der Waals surface area (Å²) in [5.74, 6) is -0.0671. The van der Waals surface area contributed by atoms with Crippen molar-refractivity contribution < 1.29 is 14.3 Å². The van der Waals surface area contributed by atoms with Crippen molar-refractivity contribution in [2.24, 2.45) is 0 Å². The van der Waals surface area contributed by atoms with E-state index in [1.165, 1.54) is 11.1 Å². The largest absolute Gasteiger partial charge is 0.383 e. The smallest absolute Gasteiger partial charge is 0.237 e. The predicted octanol–water partition coefficient (Wildman–Crippen LogP) is 1.57. The number of carbonyl (C=O) groups excluding carboxylic acids is 2. The zero-order chi connectivity index (χ0) is 19.1. The van der Waals surface area contributed by atoms with Crippen LogP contribution in [-0.4, -0.2) is 67.0 Å². The molecule has 1 fully saturated rings. The third-order valence-corrected chi connectivity index (χ3v) is 4.92. The van der Waals surface area contributed by atoms with Crippen LogP contribution < -0.4 is 5.32 Å². The van der Waals surface area contributed by atoms with Crippen molar-refractivity contribution in [3.05, 3.63) is 35.4 Å². The molecule has 0 aliphatic carbocycles. The molecular formula is C20H31N3O3. The fraction of sp³-hybridized carbons (Fsp3) is 0.600. The predicted molar refractivity (Wildman–Crippen MR) is 102 cm³/mol. The summed E-state index contributed by atoms with van der Waals surface area (Å²) in [5, 5.41) is 2.90. The summed E-state index contributed by atoms with van der Waals surface area (Å²) in [7, 11) is 1.63. The number of benzene rings is 1. The van der Waals surface area contributed by atoms with Crippen LogP contribution in [0, 0.1) is 6.92 Å². The van der Waals surface area contributed by atoms with Crippen LogP contribution in [0.25, 0.3) is 0 Å². The Morgan fingerprint density at radius 1 is 1.38 bits per heavy atom. The van der Waals surface area contributed by atoms with Crippen LogP contribution in [0.2, 0.25) is 0 Å². The minimum atomic E-state index is -0.431. The second-order valence-electron chi connectivity index (χ2n) is 7.08. The fourth-order valence-electron chi connectivity index (χ4n) is 3.32. The van der Waals surface area contributed by atoms with Crippen molar-refractivity contribution >= 4 is 11.8 Å². The molecule has 1 aliphatic rings. The maximum absolute atomic E-state index is 12.8. The maximum Gasteiger partial charge on any atom is 0.237 e. The van der Waals surface area contributed by atoms with Gasteiger partial charge in [-0.1, -0.05) is 24.3 Å². The lowest BCUT2D eigenvalue weighted by Gasteiger charge is -2.36. The molecule has 1 aromatic rings. The first-order valence-electron chi connectivity index (χ1n) is 9.28. The first kappa shape index (κ1) is 20.4. The zero-order valence-corrected chi connectivity index (χ0v) is 16.3. The van der Waals surface area contributed by atoms with Crippen LogP contribution in [0.15, 0.2) is 24.3 Å². The summed E-state index contributed by atoms with van der Waals surface area (Å²) in [6.07, 6.45) is 0.194. The molecule has 1 unspecified atom stereocenters. The monoisotopic (exact) mass is 361 g/mol. The van der Waals surface area contributed by atoms with Gasteiger partial charge in [-0.15, -0.1) is 0 Å². The van der Waals surface area contributed by atoms with E-state index < -0.39 is 6.04 Å². The molecular weight excluding hydrogens is 330 g/mol. The Kier molecular flexibility index (Phi) is 7.60. The number of aryl methyl sites for hydroxylation is 1. The van der Waals surface area contributed by atoms with Crippen molar-refractivity contribution in [2.45, 2.75) is 45.8 Å². The topological polar surface area (TPSA) is 61.9 Å². The summed E-state index contributed by atoms with van der Waals surface area (Å²) in [6, 6.07) is 7.83. The number of nitrogens with one attached hydrogen (secondary N) is 1. The van der Waals surface area contributed by atoms with Gasteiger partial charge in [-0.25, -0.2) is 0 Å². The molecule has 0 bridgehead atoms. The summed E-state index contributed by atoms with van der Waals surface area (Å²) in [4.78, 5) is 29.2. The molecule has 0 aromatic heterocycles. The average Bonchev–Trinajstić information content (AvgIpc) is 2.60. The van der Waals surface area contributed by atoms with Gasteiger partial charge in [0.1, 0.15) is 0 Å². The van der Waals surface area contributed by atoms with Gasteiger partial charge in [0.05, 0.1) is 19.1 Å². The maximum atomic E-state index is 12.8. The van der Waals surface area contributed by atoms with Gasteiger partial charge in [-0.3, -0.25) is 14.5 Å². The van der Waals surface area contributed by atoms with Gasteiger partial charge < -0.3 is 15.0 Å². The highest BCUT2D eigenvalue weighted by molar-refractivity contribution is 5.89. The number of methoxy groups -OCH3 is 1. The quantitative estimate of drug-likeness (QED) is 0.763. The number of carbonyl (C=O) groups is 2. The number of nitrogens with zero attached hydrogens (tertiary/aromatic N) is 2. The molecule has 1 aromatic carbocycles. The molecule has 1 aliphatic heterocycles. The molecule has 2 amide bonds. The van der Waals surface area contributed by atoms with Gasteiger partial charge in [0.2, 0.25) is 11.8 Å². The number of hydrogen-bond donors (Lipinski definition) is 1. The molecule has 26 heavy (non-hydrogen) atoms. The van der Waals surface area contributed by atoms with E-state index in [0.717, 1.165) is 6.54 Å². The molecule has 1 saturated heterocycles. The minimum absolute atomic E-state index is 0.00566. The van der Waals surface area contributed by atoms with Crippen molar-refractivity contribution in [2.75, 3.05) is 33.4 Å². The highest BCUT2D eigenvalue weighted by atomic mass is 16.5. The average molecular weight is 361 g/mol. The number of amides is 2. The van der Waals surface area contributed by atoms with Crippen molar-refractivity contribution in [1.29, 1.82) is 0 Å². The van der Waals surface area contributed by atoms with Crippen molar-refractivity contribution in [1.82, 2.24) is 15.1 Å². The second-order valence-corrected chi connectivity index (χ2v) is 7.08. The van der Waals surface area contributed by atoms with E-state index in [-0.39, 0.29) is 24.3 Å². The van der Waals surface area contributed by atoms with Gasteiger partial charge in [0, 0.05) is 39.3 Å². The highest BCUT2D eigenvalue weighted by Crippen LogP contribution is 2.17. The second kappa shape index (κ2) is 9.69. The Hall–Kier alpha value is -1.92. The van der Waals surface area contributed by atoms with E-state index >= 15 is 0 Å². The Bertz CT molecular complexity index is 618. The molecule has 1 N–H and O–H groups in total. The van der Waals surface area contributed by atoms with Gasteiger partial charge in [-0.2, -0.15) is 0 Å². The molecule has 1 heterocycles. The van der Waals surface area contributed by atoms with Gasteiger partial charge in [0.25, 0.3) is 0 Å². The minimum Gasteiger partial charge on any atom is -0.383 e. The third-order valence-electron chi connectivity index (χ3n) is 4.92. The molecule has 0 radical (unpaired) electrons. The van der Waals surface area contributed by atoms with Crippen LogP contribution in [0.1, 0.15) is 31.4 Å². The number of hydrogen-bond acceptors (Lipinski definition) is 4. The lowest BCUT2D eigenvalue weighted by Crippen LogP contribution is -2.56. The number of piperazine rings is 1. The zero-order valence-electron chi connectivity index (χ0n) is 16.3. The van der Waals surface area contributed by atoms with E-state index in [1.54, 1.807) is 12.0 Å². The van der Waals surface area contributed by atoms with Crippen LogP contribution in [0.3, 0.4) is 0 Å². The Morgan fingerprint density at radius 3 is 2.77 bits per heavy atom. The van der Waals surface area contributed by atoms with Crippen molar-refractivity contribution in [3.8, 4) is 0 Å². The number of ether oxygens (including phenoxy) is 1. The standard InChI is InChI=1S/C20H31N3O3/c1-15(2)23(11-12-26-4)19(24)13-18-20(25)21-9-10-22(18)14-17-8-6-5-7-16(17)3/h5-8,15,18H,9-14H2,1-4H3,(H,21,25). The SMILES string of the molecule is COCCN(C(=O)CC1C(=O)NCCN1Cc1ccccc1C)C(C)C. The Morgan fingerprint density at radius 2 is 2.12 bits per heavy atom. The van der Waals surface area contributed by atoms with E-state index in [1.807, 2.05) is 26.0 Å². The summed E-state index contributed by atoms with van der Waals surface area (Å²) >= 11 is 0. The highest BCUT2D eigenvalue weighted by Gasteiger charge is 2.33. The van der Waals surface area contributed by atoms with Crippen LogP contribution >= 0.6 is 0 Å². The molecule has 144 valence electrons. The lowest BCUT2D eigenvalue weighted by molar-refractivity contribution is -0.140. The molecule has 1 atom stereocenters. The summed E-state index contributed by atoms with van der Waals surface area (Å²) in [5.41, 5.74) is 2.40. The fourth-order valence-corrected chi connectivity index (χ4v) is 3.32. The Labute approximate surface area is 156 Å². The first-order chi connectivity index (χ1) is 12.4. The van der Waals surface area contributed by atoms with Crippen molar-refractivity contribution in [3.63, 3.8) is 0 Å². The van der Waals surface area contributed by atoms with Gasteiger partial charge in [-0.05, 0) is 31.9 Å². The molecule has 0 spiro atoms. The van der Waals surface area contributed by atoms with E-state index in [0.29, 0.717) is 26.2 Å². The van der Waals surface area contributed by atoms with Gasteiger partial charge in [0.15, 0.2) is 0 Å².